The minimum absolute atomic E-state index is 0.0381. The summed E-state index contributed by atoms with van der Waals surface area (Å²) in [7, 11) is 0. The minimum Gasteiger partial charge on any atom is -0.456 e. The predicted molar refractivity (Wildman–Crippen MR) is 118 cm³/mol. The SMILES string of the molecule is Cc1nc(N)c(C#N)c(-c2ccc(-c3ccc(Cl)c([N+](=O)[O-])c3)o2)c1-c1ccccc1. The molecular formula is C23H15ClN4O3. The van der Waals surface area contributed by atoms with Crippen molar-refractivity contribution in [1.29, 1.82) is 5.26 Å². The van der Waals surface area contributed by atoms with E-state index in [1.54, 1.807) is 18.2 Å². The summed E-state index contributed by atoms with van der Waals surface area (Å²) < 4.78 is 6.04. The van der Waals surface area contributed by atoms with Gasteiger partial charge in [0.05, 0.1) is 4.92 Å². The maximum absolute atomic E-state index is 11.2. The fourth-order valence-corrected chi connectivity index (χ4v) is 3.66. The molecule has 0 saturated heterocycles. The Bertz CT molecular complexity index is 1360. The number of nitrogen functional groups attached to an aromatic ring is 1. The second-order valence-electron chi connectivity index (χ2n) is 6.77. The highest BCUT2D eigenvalue weighted by Gasteiger charge is 2.23. The molecule has 4 rings (SSSR count). The molecule has 2 aromatic heterocycles. The van der Waals surface area contributed by atoms with Gasteiger partial charge in [0.2, 0.25) is 0 Å². The average molecular weight is 431 g/mol. The fourth-order valence-electron chi connectivity index (χ4n) is 3.48. The van der Waals surface area contributed by atoms with Crippen LogP contribution in [-0.4, -0.2) is 9.91 Å². The summed E-state index contributed by atoms with van der Waals surface area (Å²) in [5, 5.41) is 21.0. The van der Waals surface area contributed by atoms with E-state index in [-0.39, 0.29) is 22.1 Å². The maximum Gasteiger partial charge on any atom is 0.288 e. The largest absolute Gasteiger partial charge is 0.456 e. The van der Waals surface area contributed by atoms with Crippen molar-refractivity contribution < 1.29 is 9.34 Å². The van der Waals surface area contributed by atoms with Crippen molar-refractivity contribution in [2.75, 3.05) is 5.73 Å². The second kappa shape index (κ2) is 7.94. The third-order valence-corrected chi connectivity index (χ3v) is 5.18. The van der Waals surface area contributed by atoms with Gasteiger partial charge in [-0.2, -0.15) is 5.26 Å². The number of aryl methyl sites for hydroxylation is 1. The number of hydrogen-bond donors (Lipinski definition) is 1. The van der Waals surface area contributed by atoms with Crippen molar-refractivity contribution >= 4 is 23.1 Å². The van der Waals surface area contributed by atoms with Crippen LogP contribution in [0.25, 0.3) is 33.8 Å². The Balaban J connectivity index is 1.93. The van der Waals surface area contributed by atoms with Gasteiger partial charge in [-0.25, -0.2) is 4.98 Å². The van der Waals surface area contributed by atoms with Gasteiger partial charge in [0.25, 0.3) is 5.69 Å². The molecule has 0 aliphatic rings. The second-order valence-corrected chi connectivity index (χ2v) is 7.18. The van der Waals surface area contributed by atoms with Crippen molar-refractivity contribution in [1.82, 2.24) is 4.98 Å². The zero-order valence-corrected chi connectivity index (χ0v) is 17.1. The Hall–Kier alpha value is -4.15. The minimum atomic E-state index is -0.552. The standard InChI is InChI=1S/C23H15ClN4O3/c1-13-21(14-5-3-2-4-6-14)22(16(12-25)23(26)27-13)20-10-9-19(31-20)15-7-8-17(24)18(11-15)28(29)30/h2-11H,1H3,(H2,26,27). The molecule has 0 radical (unpaired) electrons. The lowest BCUT2D eigenvalue weighted by atomic mass is 9.93. The fraction of sp³-hybridized carbons (Fsp3) is 0.0435. The zero-order chi connectivity index (χ0) is 22.1. The molecule has 31 heavy (non-hydrogen) atoms. The molecule has 0 amide bonds. The van der Waals surface area contributed by atoms with Crippen LogP contribution in [0.3, 0.4) is 0 Å². The number of pyridine rings is 1. The van der Waals surface area contributed by atoms with E-state index < -0.39 is 4.92 Å². The van der Waals surface area contributed by atoms with Gasteiger partial charge in [0.1, 0.15) is 34.0 Å². The van der Waals surface area contributed by atoms with E-state index in [2.05, 4.69) is 11.1 Å². The summed E-state index contributed by atoms with van der Waals surface area (Å²) in [4.78, 5) is 15.0. The molecule has 0 fully saturated rings. The normalized spacial score (nSPS) is 10.6. The summed E-state index contributed by atoms with van der Waals surface area (Å²) in [5.41, 5.74) is 9.27. The van der Waals surface area contributed by atoms with Gasteiger partial charge in [-0.3, -0.25) is 10.1 Å². The Morgan fingerprint density at radius 1 is 1.06 bits per heavy atom. The lowest BCUT2D eigenvalue weighted by Gasteiger charge is -2.14. The van der Waals surface area contributed by atoms with Crippen LogP contribution in [0.1, 0.15) is 11.3 Å². The topological polar surface area (TPSA) is 119 Å². The van der Waals surface area contributed by atoms with Gasteiger partial charge in [0.15, 0.2) is 0 Å². The van der Waals surface area contributed by atoms with Crippen molar-refractivity contribution in [2.45, 2.75) is 6.92 Å². The first-order valence-electron chi connectivity index (χ1n) is 9.20. The number of nitro groups is 1. The van der Waals surface area contributed by atoms with Crippen LogP contribution < -0.4 is 5.73 Å². The van der Waals surface area contributed by atoms with Gasteiger partial charge in [-0.1, -0.05) is 41.9 Å². The zero-order valence-electron chi connectivity index (χ0n) is 16.3. The van der Waals surface area contributed by atoms with Crippen LogP contribution in [0.4, 0.5) is 11.5 Å². The highest BCUT2D eigenvalue weighted by molar-refractivity contribution is 6.32. The van der Waals surface area contributed by atoms with Gasteiger partial charge in [0, 0.05) is 28.5 Å². The first-order chi connectivity index (χ1) is 14.9. The van der Waals surface area contributed by atoms with Gasteiger partial charge in [-0.05, 0) is 36.8 Å². The molecule has 0 bridgehead atoms. The molecule has 152 valence electrons. The Morgan fingerprint density at radius 2 is 1.77 bits per heavy atom. The number of halogens is 1. The molecule has 2 N–H and O–H groups in total. The van der Waals surface area contributed by atoms with Gasteiger partial charge < -0.3 is 10.2 Å². The number of nitro benzene ring substituents is 1. The molecule has 0 saturated carbocycles. The van der Waals surface area contributed by atoms with Crippen molar-refractivity contribution in [3.63, 3.8) is 0 Å². The summed E-state index contributed by atoms with van der Waals surface area (Å²) in [5.74, 6) is 0.903. The lowest BCUT2D eigenvalue weighted by molar-refractivity contribution is -0.384. The molecule has 0 spiro atoms. The van der Waals surface area contributed by atoms with Crippen LogP contribution in [-0.2, 0) is 0 Å². The molecule has 0 aliphatic heterocycles. The number of hydrogen-bond acceptors (Lipinski definition) is 6. The summed E-state index contributed by atoms with van der Waals surface area (Å²) >= 11 is 5.91. The number of furan rings is 1. The summed E-state index contributed by atoms with van der Waals surface area (Å²) in [6.07, 6.45) is 0. The van der Waals surface area contributed by atoms with E-state index in [0.717, 1.165) is 11.1 Å². The molecule has 0 aliphatic carbocycles. The Labute approximate surface area is 182 Å². The van der Waals surface area contributed by atoms with Crippen molar-refractivity contribution in [3.05, 3.63) is 87.1 Å². The van der Waals surface area contributed by atoms with Crippen LogP contribution in [0.2, 0.25) is 5.02 Å². The Kier molecular flexibility index (Phi) is 5.15. The maximum atomic E-state index is 11.2. The Morgan fingerprint density at radius 3 is 2.45 bits per heavy atom. The van der Waals surface area contributed by atoms with Crippen LogP contribution in [0, 0.1) is 28.4 Å². The predicted octanol–water partition coefficient (Wildman–Crippen LogP) is 6.00. The number of rotatable bonds is 4. The number of nitrogens with zero attached hydrogens (tertiary/aromatic N) is 3. The van der Waals surface area contributed by atoms with Crippen molar-refractivity contribution in [2.24, 2.45) is 0 Å². The summed E-state index contributed by atoms with van der Waals surface area (Å²) in [6, 6.07) is 19.4. The first-order valence-corrected chi connectivity index (χ1v) is 9.58. The number of benzene rings is 2. The number of nitriles is 1. The van der Waals surface area contributed by atoms with E-state index >= 15 is 0 Å². The van der Waals surface area contributed by atoms with E-state index in [1.807, 2.05) is 37.3 Å². The van der Waals surface area contributed by atoms with Gasteiger partial charge >= 0.3 is 0 Å². The third kappa shape index (κ3) is 3.61. The monoisotopic (exact) mass is 430 g/mol. The van der Waals surface area contributed by atoms with Gasteiger partial charge in [-0.15, -0.1) is 0 Å². The highest BCUT2D eigenvalue weighted by atomic mass is 35.5. The third-order valence-electron chi connectivity index (χ3n) is 4.86. The van der Waals surface area contributed by atoms with Crippen LogP contribution in [0.5, 0.6) is 0 Å². The first kappa shape index (κ1) is 20.1. The molecule has 7 nitrogen and oxygen atoms in total. The quantitative estimate of drug-likeness (QED) is 0.313. The van der Waals surface area contributed by atoms with E-state index in [1.165, 1.54) is 12.1 Å². The average Bonchev–Trinajstić information content (AvgIpc) is 3.24. The lowest BCUT2D eigenvalue weighted by Crippen LogP contribution is -2.02. The number of aromatic nitrogens is 1. The molecule has 4 aromatic rings. The van der Waals surface area contributed by atoms with Crippen LogP contribution >= 0.6 is 11.6 Å². The molecule has 0 unspecified atom stereocenters. The molecule has 8 heteroatoms. The van der Waals surface area contributed by atoms with E-state index in [4.69, 9.17) is 21.8 Å². The number of anilines is 1. The van der Waals surface area contributed by atoms with E-state index in [9.17, 15) is 15.4 Å². The molecular weight excluding hydrogens is 416 g/mol. The van der Waals surface area contributed by atoms with Crippen molar-refractivity contribution in [3.8, 4) is 39.8 Å². The molecule has 2 heterocycles. The number of nitrogens with two attached hydrogens (primary N) is 1. The molecule has 2 aromatic carbocycles. The van der Waals surface area contributed by atoms with E-state index in [0.29, 0.717) is 28.3 Å². The van der Waals surface area contributed by atoms with Crippen LogP contribution in [0.15, 0.2) is 65.1 Å². The highest BCUT2D eigenvalue weighted by Crippen LogP contribution is 2.41. The molecule has 0 atom stereocenters. The summed E-state index contributed by atoms with van der Waals surface area (Å²) in [6.45, 7) is 1.82. The smallest absolute Gasteiger partial charge is 0.288 e.